The standard InChI is InChI=1S/C22H32N2O4/c1-25-19-9-7-17(13-21(19)27-3)15-23-11-5-6-12-24-16-18-8-10-20(26-2)22(14-18)28-4/h7-10,13-14,23-24H,5-6,11-12,15-16H2,1-4H3. The summed E-state index contributed by atoms with van der Waals surface area (Å²) in [6.07, 6.45) is 2.23. The summed E-state index contributed by atoms with van der Waals surface area (Å²) in [5.74, 6) is 3.04. The van der Waals surface area contributed by atoms with Gasteiger partial charge >= 0.3 is 0 Å². The van der Waals surface area contributed by atoms with Crippen LogP contribution in [0.5, 0.6) is 23.0 Å². The summed E-state index contributed by atoms with van der Waals surface area (Å²) in [5.41, 5.74) is 2.37. The highest BCUT2D eigenvalue weighted by molar-refractivity contribution is 5.43. The molecule has 0 aliphatic heterocycles. The number of rotatable bonds is 13. The molecule has 2 aromatic carbocycles. The third kappa shape index (κ3) is 6.62. The molecule has 154 valence electrons. The van der Waals surface area contributed by atoms with Crippen LogP contribution in [-0.4, -0.2) is 41.5 Å². The molecule has 0 unspecified atom stereocenters. The smallest absolute Gasteiger partial charge is 0.161 e. The maximum atomic E-state index is 5.34. The van der Waals surface area contributed by atoms with Crippen LogP contribution in [0.1, 0.15) is 24.0 Å². The molecule has 6 nitrogen and oxygen atoms in total. The van der Waals surface area contributed by atoms with Crippen molar-refractivity contribution in [2.24, 2.45) is 0 Å². The third-order valence-corrected chi connectivity index (χ3v) is 4.51. The Hall–Kier alpha value is -2.44. The van der Waals surface area contributed by atoms with E-state index in [4.69, 9.17) is 18.9 Å². The Balaban J connectivity index is 1.60. The fourth-order valence-corrected chi connectivity index (χ4v) is 2.95. The number of nitrogens with one attached hydrogen (secondary N) is 2. The van der Waals surface area contributed by atoms with Crippen LogP contribution in [0.4, 0.5) is 0 Å². The molecular formula is C22H32N2O4. The molecule has 2 rings (SSSR count). The van der Waals surface area contributed by atoms with Crippen molar-refractivity contribution in [3.8, 4) is 23.0 Å². The quantitative estimate of drug-likeness (QED) is 0.513. The molecule has 2 aromatic rings. The zero-order chi connectivity index (χ0) is 20.2. The molecule has 0 aliphatic rings. The van der Waals surface area contributed by atoms with Gasteiger partial charge in [-0.1, -0.05) is 12.1 Å². The highest BCUT2D eigenvalue weighted by Crippen LogP contribution is 2.28. The first kappa shape index (κ1) is 21.9. The van der Waals surface area contributed by atoms with E-state index < -0.39 is 0 Å². The summed E-state index contributed by atoms with van der Waals surface area (Å²) in [7, 11) is 6.61. The Morgan fingerprint density at radius 2 is 0.964 bits per heavy atom. The normalized spacial score (nSPS) is 10.6. The minimum Gasteiger partial charge on any atom is -0.493 e. The maximum absolute atomic E-state index is 5.34. The van der Waals surface area contributed by atoms with Crippen LogP contribution in [-0.2, 0) is 13.1 Å². The molecule has 0 spiro atoms. The van der Waals surface area contributed by atoms with Gasteiger partial charge in [0.1, 0.15) is 0 Å². The van der Waals surface area contributed by atoms with E-state index in [-0.39, 0.29) is 0 Å². The molecule has 2 N–H and O–H groups in total. The average Bonchev–Trinajstić information content (AvgIpc) is 2.75. The molecule has 0 saturated carbocycles. The minimum absolute atomic E-state index is 0.756. The average molecular weight is 389 g/mol. The van der Waals surface area contributed by atoms with Gasteiger partial charge in [-0.05, 0) is 61.3 Å². The van der Waals surface area contributed by atoms with Crippen molar-refractivity contribution in [3.63, 3.8) is 0 Å². The van der Waals surface area contributed by atoms with Crippen molar-refractivity contribution in [3.05, 3.63) is 47.5 Å². The molecule has 0 amide bonds. The van der Waals surface area contributed by atoms with Gasteiger partial charge in [0, 0.05) is 13.1 Å². The highest BCUT2D eigenvalue weighted by atomic mass is 16.5. The number of unbranched alkanes of at least 4 members (excludes halogenated alkanes) is 1. The van der Waals surface area contributed by atoms with Gasteiger partial charge in [0.15, 0.2) is 23.0 Å². The third-order valence-electron chi connectivity index (χ3n) is 4.51. The first-order chi connectivity index (χ1) is 13.7. The van der Waals surface area contributed by atoms with Gasteiger partial charge in [0.2, 0.25) is 0 Å². The van der Waals surface area contributed by atoms with Gasteiger partial charge < -0.3 is 29.6 Å². The number of methoxy groups -OCH3 is 4. The van der Waals surface area contributed by atoms with Crippen LogP contribution in [0.3, 0.4) is 0 Å². The van der Waals surface area contributed by atoms with Crippen molar-refractivity contribution in [2.75, 3.05) is 41.5 Å². The molecule has 0 bridgehead atoms. The first-order valence-corrected chi connectivity index (χ1v) is 9.55. The minimum atomic E-state index is 0.756. The predicted molar refractivity (Wildman–Crippen MR) is 112 cm³/mol. The Labute approximate surface area is 168 Å². The Bertz CT molecular complexity index is 660. The number of hydrogen-bond donors (Lipinski definition) is 2. The zero-order valence-electron chi connectivity index (χ0n) is 17.3. The van der Waals surface area contributed by atoms with E-state index in [9.17, 15) is 0 Å². The molecule has 0 aromatic heterocycles. The van der Waals surface area contributed by atoms with Crippen molar-refractivity contribution >= 4 is 0 Å². The second kappa shape index (κ2) is 12.1. The Morgan fingerprint density at radius 1 is 0.571 bits per heavy atom. The summed E-state index contributed by atoms with van der Waals surface area (Å²) < 4.78 is 21.2. The summed E-state index contributed by atoms with van der Waals surface area (Å²) in [5, 5.41) is 6.94. The summed E-state index contributed by atoms with van der Waals surface area (Å²) in [6.45, 7) is 3.59. The second-order valence-corrected chi connectivity index (χ2v) is 6.44. The van der Waals surface area contributed by atoms with Crippen LogP contribution < -0.4 is 29.6 Å². The van der Waals surface area contributed by atoms with E-state index in [2.05, 4.69) is 22.8 Å². The lowest BCUT2D eigenvalue weighted by Crippen LogP contribution is -2.18. The summed E-state index contributed by atoms with van der Waals surface area (Å²) >= 11 is 0. The van der Waals surface area contributed by atoms with Gasteiger partial charge in [0.25, 0.3) is 0 Å². The molecule has 0 atom stereocenters. The maximum Gasteiger partial charge on any atom is 0.161 e. The molecule has 6 heteroatoms. The van der Waals surface area contributed by atoms with E-state index in [1.165, 1.54) is 11.1 Å². The SMILES string of the molecule is COc1ccc(CNCCCCNCc2ccc(OC)c(OC)c2)cc1OC. The topological polar surface area (TPSA) is 61.0 Å². The lowest BCUT2D eigenvalue weighted by molar-refractivity contribution is 0.354. The van der Waals surface area contributed by atoms with Gasteiger partial charge in [-0.3, -0.25) is 0 Å². The fourth-order valence-electron chi connectivity index (χ4n) is 2.95. The zero-order valence-corrected chi connectivity index (χ0v) is 17.3. The lowest BCUT2D eigenvalue weighted by Gasteiger charge is -2.11. The largest absolute Gasteiger partial charge is 0.493 e. The van der Waals surface area contributed by atoms with Gasteiger partial charge in [0.05, 0.1) is 28.4 Å². The van der Waals surface area contributed by atoms with E-state index in [1.807, 2.05) is 24.3 Å². The van der Waals surface area contributed by atoms with Gasteiger partial charge in [-0.15, -0.1) is 0 Å². The molecular weight excluding hydrogens is 356 g/mol. The molecule has 28 heavy (non-hydrogen) atoms. The molecule has 0 aliphatic carbocycles. The van der Waals surface area contributed by atoms with Crippen LogP contribution in [0, 0.1) is 0 Å². The van der Waals surface area contributed by atoms with E-state index in [0.717, 1.165) is 62.0 Å². The lowest BCUT2D eigenvalue weighted by atomic mass is 10.2. The van der Waals surface area contributed by atoms with Gasteiger partial charge in [-0.2, -0.15) is 0 Å². The number of ether oxygens (including phenoxy) is 4. The first-order valence-electron chi connectivity index (χ1n) is 9.55. The summed E-state index contributed by atoms with van der Waals surface area (Å²) in [6, 6.07) is 12.0. The van der Waals surface area contributed by atoms with Crippen molar-refractivity contribution in [1.29, 1.82) is 0 Å². The van der Waals surface area contributed by atoms with Crippen molar-refractivity contribution < 1.29 is 18.9 Å². The fraction of sp³-hybridized carbons (Fsp3) is 0.455. The van der Waals surface area contributed by atoms with Crippen LogP contribution >= 0.6 is 0 Å². The number of hydrogen-bond acceptors (Lipinski definition) is 6. The molecule has 0 saturated heterocycles. The Morgan fingerprint density at radius 3 is 1.32 bits per heavy atom. The van der Waals surface area contributed by atoms with Crippen LogP contribution in [0.15, 0.2) is 36.4 Å². The highest BCUT2D eigenvalue weighted by Gasteiger charge is 2.05. The van der Waals surface area contributed by atoms with Crippen molar-refractivity contribution in [2.45, 2.75) is 25.9 Å². The van der Waals surface area contributed by atoms with E-state index in [0.29, 0.717) is 0 Å². The monoisotopic (exact) mass is 388 g/mol. The molecule has 0 radical (unpaired) electrons. The summed E-state index contributed by atoms with van der Waals surface area (Å²) in [4.78, 5) is 0. The molecule has 0 heterocycles. The predicted octanol–water partition coefficient (Wildman–Crippen LogP) is 3.38. The Kier molecular flexibility index (Phi) is 9.45. The van der Waals surface area contributed by atoms with E-state index >= 15 is 0 Å². The molecule has 0 fully saturated rings. The van der Waals surface area contributed by atoms with Gasteiger partial charge in [-0.25, -0.2) is 0 Å². The van der Waals surface area contributed by atoms with E-state index in [1.54, 1.807) is 28.4 Å². The number of benzene rings is 2. The van der Waals surface area contributed by atoms with Crippen LogP contribution in [0.2, 0.25) is 0 Å². The van der Waals surface area contributed by atoms with Crippen LogP contribution in [0.25, 0.3) is 0 Å². The van der Waals surface area contributed by atoms with Crippen molar-refractivity contribution in [1.82, 2.24) is 10.6 Å². The second-order valence-electron chi connectivity index (χ2n) is 6.44.